The molecule has 1 aliphatic rings. The average Bonchev–Trinajstić information content (AvgIpc) is 2.52. The molecule has 120 valence electrons. The molecule has 1 fully saturated rings. The van der Waals surface area contributed by atoms with E-state index in [1.807, 2.05) is 0 Å². The molecule has 1 aliphatic heterocycles. The molecule has 1 N–H and O–H groups in total. The normalized spacial score (nSPS) is 18.0. The Balaban J connectivity index is 0.00000220. The molecule has 0 radical (unpaired) electrons. The molecule has 3 nitrogen and oxygen atoms in total. The zero-order chi connectivity index (χ0) is 14.4. The number of unbranched alkanes of at least 4 members (excludes halogenated alkanes) is 1. The number of hydrogen-bond acceptors (Lipinski definition) is 3. The predicted molar refractivity (Wildman–Crippen MR) is 90.3 cm³/mol. The van der Waals surface area contributed by atoms with Gasteiger partial charge in [-0.05, 0) is 49.9 Å². The van der Waals surface area contributed by atoms with Crippen LogP contribution in [0, 0.1) is 0 Å². The topological polar surface area (TPSA) is 30.5 Å². The van der Waals surface area contributed by atoms with Crippen LogP contribution in [-0.4, -0.2) is 27.3 Å². The Morgan fingerprint density at radius 3 is 2.52 bits per heavy atom. The van der Waals surface area contributed by atoms with Crippen molar-refractivity contribution in [3.63, 3.8) is 0 Å². The summed E-state index contributed by atoms with van der Waals surface area (Å²) < 4.78 is 11.2. The third kappa shape index (κ3) is 4.52. The van der Waals surface area contributed by atoms with Crippen molar-refractivity contribution in [2.24, 2.45) is 0 Å². The highest BCUT2D eigenvalue weighted by atomic mass is 35.5. The second kappa shape index (κ2) is 9.16. The van der Waals surface area contributed by atoms with Gasteiger partial charge in [-0.3, -0.25) is 0 Å². The van der Waals surface area contributed by atoms with E-state index >= 15 is 0 Å². The van der Waals surface area contributed by atoms with Gasteiger partial charge in [0.05, 0.1) is 14.2 Å². The molecule has 1 atom stereocenters. The molecular weight excluding hydrogens is 286 g/mol. The maximum absolute atomic E-state index is 5.64. The molecule has 21 heavy (non-hydrogen) atoms. The van der Waals surface area contributed by atoms with Crippen molar-refractivity contribution in [2.45, 2.75) is 44.9 Å². The van der Waals surface area contributed by atoms with Crippen molar-refractivity contribution in [2.75, 3.05) is 27.3 Å². The fourth-order valence-corrected chi connectivity index (χ4v) is 2.98. The number of rotatable bonds is 6. The minimum atomic E-state index is 0. The van der Waals surface area contributed by atoms with Gasteiger partial charge in [-0.15, -0.1) is 12.4 Å². The second-order valence-electron chi connectivity index (χ2n) is 5.55. The Labute approximate surface area is 134 Å². The van der Waals surface area contributed by atoms with Crippen LogP contribution in [0.2, 0.25) is 0 Å². The summed E-state index contributed by atoms with van der Waals surface area (Å²) >= 11 is 0. The number of halogens is 1. The van der Waals surface area contributed by atoms with Crippen LogP contribution < -0.4 is 14.8 Å². The van der Waals surface area contributed by atoms with Gasteiger partial charge < -0.3 is 14.8 Å². The van der Waals surface area contributed by atoms with E-state index in [1.54, 1.807) is 14.2 Å². The van der Waals surface area contributed by atoms with Crippen LogP contribution in [0.25, 0.3) is 0 Å². The van der Waals surface area contributed by atoms with Gasteiger partial charge >= 0.3 is 0 Å². The van der Waals surface area contributed by atoms with Crippen LogP contribution in [0.3, 0.4) is 0 Å². The van der Waals surface area contributed by atoms with Crippen molar-refractivity contribution in [1.82, 2.24) is 5.32 Å². The van der Waals surface area contributed by atoms with Crippen LogP contribution in [0.4, 0.5) is 0 Å². The van der Waals surface area contributed by atoms with Gasteiger partial charge in [0.15, 0.2) is 0 Å². The first-order chi connectivity index (χ1) is 9.80. The Morgan fingerprint density at radius 1 is 1.19 bits per heavy atom. The molecule has 1 heterocycles. The molecule has 4 heteroatoms. The monoisotopic (exact) mass is 313 g/mol. The van der Waals surface area contributed by atoms with E-state index in [9.17, 15) is 0 Å². The van der Waals surface area contributed by atoms with E-state index in [-0.39, 0.29) is 12.4 Å². The number of hydrogen-bond donors (Lipinski definition) is 1. The standard InChI is InChI=1S/C17H27NO2.ClH/c1-4-5-7-13-10-17(20-3)15(11-16(13)19-2)14-8-6-9-18-12-14;/h10-11,14,18H,4-9,12H2,1-3H3;1H/t14-;/m1./s1. The van der Waals surface area contributed by atoms with Crippen molar-refractivity contribution in [3.8, 4) is 11.5 Å². The lowest BCUT2D eigenvalue weighted by Gasteiger charge is -2.26. The van der Waals surface area contributed by atoms with E-state index in [0.717, 1.165) is 31.0 Å². The quantitative estimate of drug-likeness (QED) is 0.863. The maximum Gasteiger partial charge on any atom is 0.122 e. The highest BCUT2D eigenvalue weighted by molar-refractivity contribution is 5.85. The average molecular weight is 314 g/mol. The highest BCUT2D eigenvalue weighted by Gasteiger charge is 2.21. The summed E-state index contributed by atoms with van der Waals surface area (Å²) in [6, 6.07) is 4.37. The number of methoxy groups -OCH3 is 2. The van der Waals surface area contributed by atoms with Gasteiger partial charge in [-0.25, -0.2) is 0 Å². The van der Waals surface area contributed by atoms with Gasteiger partial charge in [0.1, 0.15) is 11.5 Å². The molecule has 1 aromatic rings. The largest absolute Gasteiger partial charge is 0.496 e. The zero-order valence-corrected chi connectivity index (χ0v) is 14.2. The Kier molecular flexibility index (Phi) is 7.91. The summed E-state index contributed by atoms with van der Waals surface area (Å²) in [5.74, 6) is 2.57. The molecule has 0 aliphatic carbocycles. The first-order valence-corrected chi connectivity index (χ1v) is 7.75. The number of aryl methyl sites for hydroxylation is 1. The highest BCUT2D eigenvalue weighted by Crippen LogP contribution is 2.36. The number of piperidine rings is 1. The van der Waals surface area contributed by atoms with Crippen molar-refractivity contribution < 1.29 is 9.47 Å². The van der Waals surface area contributed by atoms with E-state index in [1.165, 1.54) is 36.8 Å². The molecule has 0 aromatic heterocycles. The van der Waals surface area contributed by atoms with Crippen LogP contribution in [0.1, 0.15) is 49.7 Å². The third-order valence-electron chi connectivity index (χ3n) is 4.17. The molecule has 0 unspecified atom stereocenters. The minimum absolute atomic E-state index is 0. The zero-order valence-electron chi connectivity index (χ0n) is 13.4. The molecule has 2 rings (SSSR count). The molecular formula is C17H28ClNO2. The lowest BCUT2D eigenvalue weighted by Crippen LogP contribution is -2.28. The molecule has 0 spiro atoms. The van der Waals surface area contributed by atoms with Gasteiger partial charge in [0.25, 0.3) is 0 Å². The van der Waals surface area contributed by atoms with Gasteiger partial charge in [0, 0.05) is 18.0 Å². The number of ether oxygens (including phenoxy) is 2. The Bertz CT molecular complexity index is 431. The van der Waals surface area contributed by atoms with Crippen molar-refractivity contribution in [3.05, 3.63) is 23.3 Å². The van der Waals surface area contributed by atoms with Crippen molar-refractivity contribution >= 4 is 12.4 Å². The van der Waals surface area contributed by atoms with Crippen molar-refractivity contribution in [1.29, 1.82) is 0 Å². The SMILES string of the molecule is CCCCc1cc(OC)c([C@@H]2CCCNC2)cc1OC.Cl. The maximum atomic E-state index is 5.64. The number of benzene rings is 1. The lowest BCUT2D eigenvalue weighted by atomic mass is 9.89. The predicted octanol–water partition coefficient (Wildman–Crippen LogP) is 3.94. The summed E-state index contributed by atoms with van der Waals surface area (Å²) in [7, 11) is 3.53. The smallest absolute Gasteiger partial charge is 0.122 e. The number of nitrogens with one attached hydrogen (secondary N) is 1. The van der Waals surface area contributed by atoms with Gasteiger partial charge in [0.2, 0.25) is 0 Å². The van der Waals surface area contributed by atoms with Crippen LogP contribution in [-0.2, 0) is 6.42 Å². The summed E-state index contributed by atoms with van der Waals surface area (Å²) in [6.45, 7) is 4.38. The van der Waals surface area contributed by atoms with Crippen LogP contribution >= 0.6 is 12.4 Å². The summed E-state index contributed by atoms with van der Waals surface area (Å²) in [5, 5.41) is 3.47. The van der Waals surface area contributed by atoms with E-state index < -0.39 is 0 Å². The molecule has 0 bridgehead atoms. The summed E-state index contributed by atoms with van der Waals surface area (Å²) in [4.78, 5) is 0. The summed E-state index contributed by atoms with van der Waals surface area (Å²) in [5.41, 5.74) is 2.55. The molecule has 0 saturated carbocycles. The Morgan fingerprint density at radius 2 is 1.95 bits per heavy atom. The fraction of sp³-hybridized carbons (Fsp3) is 0.647. The van der Waals surface area contributed by atoms with E-state index in [4.69, 9.17) is 9.47 Å². The minimum Gasteiger partial charge on any atom is -0.496 e. The van der Waals surface area contributed by atoms with Gasteiger partial charge in [-0.1, -0.05) is 13.3 Å². The van der Waals surface area contributed by atoms with E-state index in [0.29, 0.717) is 5.92 Å². The second-order valence-corrected chi connectivity index (χ2v) is 5.55. The fourth-order valence-electron chi connectivity index (χ4n) is 2.98. The first kappa shape index (κ1) is 18.1. The Hall–Kier alpha value is -0.930. The molecule has 1 aromatic carbocycles. The lowest BCUT2D eigenvalue weighted by molar-refractivity contribution is 0.381. The van der Waals surface area contributed by atoms with Crippen LogP contribution in [0.15, 0.2) is 12.1 Å². The molecule has 0 amide bonds. The van der Waals surface area contributed by atoms with E-state index in [2.05, 4.69) is 24.4 Å². The van der Waals surface area contributed by atoms with Gasteiger partial charge in [-0.2, -0.15) is 0 Å². The van der Waals surface area contributed by atoms with Crippen LogP contribution in [0.5, 0.6) is 11.5 Å². The first-order valence-electron chi connectivity index (χ1n) is 7.75. The molecule has 1 saturated heterocycles. The third-order valence-corrected chi connectivity index (χ3v) is 4.17. The summed E-state index contributed by atoms with van der Waals surface area (Å²) in [6.07, 6.45) is 5.89.